The van der Waals surface area contributed by atoms with E-state index in [9.17, 15) is 0 Å². The highest BCUT2D eigenvalue weighted by Gasteiger charge is 2.36. The van der Waals surface area contributed by atoms with Gasteiger partial charge in [0.25, 0.3) is 0 Å². The van der Waals surface area contributed by atoms with Gasteiger partial charge in [0, 0.05) is 38.3 Å². The number of aliphatic imine (C=N–C) groups is 1. The van der Waals surface area contributed by atoms with Gasteiger partial charge in [0.2, 0.25) is 0 Å². The lowest BCUT2D eigenvalue weighted by molar-refractivity contribution is 0.0732. The first-order valence-electron chi connectivity index (χ1n) is 7.85. The second kappa shape index (κ2) is 10.5. The van der Waals surface area contributed by atoms with E-state index in [1.54, 1.807) is 7.11 Å². The minimum Gasteiger partial charge on any atom is -0.385 e. The molecule has 4 nitrogen and oxygen atoms in total. The highest BCUT2D eigenvalue weighted by molar-refractivity contribution is 14.0. The van der Waals surface area contributed by atoms with Gasteiger partial charge in [0.05, 0.1) is 0 Å². The summed E-state index contributed by atoms with van der Waals surface area (Å²) in [6.07, 6.45) is 5.02. The molecule has 1 aliphatic carbocycles. The van der Waals surface area contributed by atoms with E-state index in [0.29, 0.717) is 5.41 Å². The molecule has 1 saturated carbocycles. The second-order valence-corrected chi connectivity index (χ2v) is 6.92. The number of ether oxygens (including phenoxy) is 1. The molecule has 2 N–H and O–H groups in total. The zero-order valence-electron chi connectivity index (χ0n) is 13.9. The Balaban J connectivity index is 0.00000264. The van der Waals surface area contributed by atoms with Crippen molar-refractivity contribution in [1.82, 2.24) is 10.6 Å². The molecule has 0 aromatic heterocycles. The Kier molecular flexibility index (Phi) is 9.46. The van der Waals surface area contributed by atoms with Crippen LogP contribution in [-0.4, -0.2) is 33.3 Å². The van der Waals surface area contributed by atoms with E-state index in [4.69, 9.17) is 4.74 Å². The zero-order valence-corrected chi connectivity index (χ0v) is 17.8. The lowest BCUT2D eigenvalue weighted by Crippen LogP contribution is -2.46. The van der Waals surface area contributed by atoms with Crippen molar-refractivity contribution in [2.75, 3.05) is 27.3 Å². The van der Waals surface area contributed by atoms with Gasteiger partial charge < -0.3 is 15.4 Å². The number of nitrogens with one attached hydrogen (secondary N) is 2. The van der Waals surface area contributed by atoms with Gasteiger partial charge in [-0.2, -0.15) is 0 Å². The first-order chi connectivity index (χ1) is 10.7. The maximum Gasteiger partial charge on any atom is 0.191 e. The van der Waals surface area contributed by atoms with Crippen molar-refractivity contribution in [2.45, 2.75) is 32.2 Å². The van der Waals surface area contributed by atoms with Crippen LogP contribution in [0.3, 0.4) is 0 Å². The summed E-state index contributed by atoms with van der Waals surface area (Å²) < 4.78 is 6.34. The summed E-state index contributed by atoms with van der Waals surface area (Å²) in [5.41, 5.74) is 1.63. The predicted octanol–water partition coefficient (Wildman–Crippen LogP) is 3.94. The highest BCUT2D eigenvalue weighted by Crippen LogP contribution is 2.43. The Morgan fingerprint density at radius 1 is 1.26 bits per heavy atom. The molecule has 6 heteroatoms. The first-order valence-corrected chi connectivity index (χ1v) is 8.65. The Morgan fingerprint density at radius 2 is 1.96 bits per heavy atom. The number of methoxy groups -OCH3 is 1. The third-order valence-corrected chi connectivity index (χ3v) is 5.01. The fourth-order valence-electron chi connectivity index (χ4n) is 2.79. The van der Waals surface area contributed by atoms with Gasteiger partial charge in [-0.3, -0.25) is 4.99 Å². The Hall–Kier alpha value is -0.340. The molecule has 1 aliphatic rings. The van der Waals surface area contributed by atoms with E-state index in [1.807, 2.05) is 7.05 Å². The molecule has 0 saturated heterocycles. The van der Waals surface area contributed by atoms with E-state index in [2.05, 4.69) is 55.8 Å². The molecule has 23 heavy (non-hydrogen) atoms. The molecular weight excluding hydrogens is 469 g/mol. The molecule has 130 valence electrons. The van der Waals surface area contributed by atoms with Gasteiger partial charge >= 0.3 is 0 Å². The fraction of sp³-hybridized carbons (Fsp3) is 0.588. The average Bonchev–Trinajstić information content (AvgIpc) is 2.50. The molecule has 0 atom stereocenters. The lowest BCUT2D eigenvalue weighted by Gasteiger charge is -2.42. The summed E-state index contributed by atoms with van der Waals surface area (Å²) >= 11 is 3.45. The number of nitrogens with zero attached hydrogens (tertiary/aromatic N) is 1. The third-order valence-electron chi connectivity index (χ3n) is 4.48. The van der Waals surface area contributed by atoms with Crippen LogP contribution in [0, 0.1) is 5.41 Å². The summed E-state index contributed by atoms with van der Waals surface area (Å²) in [5, 5.41) is 6.85. The van der Waals surface area contributed by atoms with Crippen LogP contribution in [0.4, 0.5) is 0 Å². The lowest BCUT2D eigenvalue weighted by atomic mass is 9.67. The number of halogens is 2. The molecule has 0 aliphatic heterocycles. The largest absolute Gasteiger partial charge is 0.385 e. The third kappa shape index (κ3) is 6.58. The number of benzene rings is 1. The highest BCUT2D eigenvalue weighted by atomic mass is 127. The van der Waals surface area contributed by atoms with Crippen LogP contribution in [0.5, 0.6) is 0 Å². The van der Waals surface area contributed by atoms with Gasteiger partial charge in [0.15, 0.2) is 5.96 Å². The summed E-state index contributed by atoms with van der Waals surface area (Å²) in [5.74, 6) is 0.867. The Labute approximate surface area is 165 Å². The monoisotopic (exact) mass is 495 g/mol. The molecular formula is C17H27BrIN3O. The van der Waals surface area contributed by atoms with Crippen molar-refractivity contribution in [1.29, 1.82) is 0 Å². The number of guanidine groups is 1. The smallest absolute Gasteiger partial charge is 0.191 e. The molecule has 0 unspecified atom stereocenters. The van der Waals surface area contributed by atoms with Crippen LogP contribution in [0.1, 0.15) is 31.2 Å². The Bertz CT molecular complexity index is 489. The molecule has 1 aromatic carbocycles. The van der Waals surface area contributed by atoms with Gasteiger partial charge in [0.1, 0.15) is 0 Å². The Morgan fingerprint density at radius 3 is 2.48 bits per heavy atom. The van der Waals surface area contributed by atoms with Crippen molar-refractivity contribution in [3.8, 4) is 0 Å². The van der Waals surface area contributed by atoms with E-state index >= 15 is 0 Å². The SMILES string of the molecule is CN=C(NCc1ccc(Br)cc1)NCC1(CCOC)CCC1.I. The van der Waals surface area contributed by atoms with Crippen molar-refractivity contribution >= 4 is 45.9 Å². The number of hydrogen-bond donors (Lipinski definition) is 2. The molecule has 0 bridgehead atoms. The van der Waals surface area contributed by atoms with Crippen LogP contribution in [0.2, 0.25) is 0 Å². The second-order valence-electron chi connectivity index (χ2n) is 6.00. The van der Waals surface area contributed by atoms with Gasteiger partial charge in [-0.05, 0) is 42.4 Å². The first kappa shape index (κ1) is 20.7. The summed E-state index contributed by atoms with van der Waals surface area (Å²) in [6, 6.07) is 8.33. The van der Waals surface area contributed by atoms with Crippen molar-refractivity contribution in [3.05, 3.63) is 34.3 Å². The topological polar surface area (TPSA) is 45.7 Å². The molecule has 2 rings (SSSR count). The quantitative estimate of drug-likeness (QED) is 0.342. The van der Waals surface area contributed by atoms with Gasteiger partial charge in [-0.1, -0.05) is 34.5 Å². The maximum absolute atomic E-state index is 5.24. The van der Waals surface area contributed by atoms with Gasteiger partial charge in [-0.15, -0.1) is 24.0 Å². The van der Waals surface area contributed by atoms with Crippen LogP contribution < -0.4 is 10.6 Å². The van der Waals surface area contributed by atoms with Gasteiger partial charge in [-0.25, -0.2) is 0 Å². The predicted molar refractivity (Wildman–Crippen MR) is 111 cm³/mol. The number of hydrogen-bond acceptors (Lipinski definition) is 2. The summed E-state index contributed by atoms with van der Waals surface area (Å²) in [6.45, 7) is 2.58. The minimum atomic E-state index is 0. The van der Waals surface area contributed by atoms with Crippen molar-refractivity contribution in [3.63, 3.8) is 0 Å². The van der Waals surface area contributed by atoms with E-state index in [0.717, 1.165) is 36.5 Å². The fourth-order valence-corrected chi connectivity index (χ4v) is 3.05. The molecule has 1 aromatic rings. The van der Waals surface area contributed by atoms with Crippen molar-refractivity contribution < 1.29 is 4.74 Å². The zero-order chi connectivity index (χ0) is 15.8. The van der Waals surface area contributed by atoms with Crippen LogP contribution in [0.25, 0.3) is 0 Å². The van der Waals surface area contributed by atoms with E-state index in [-0.39, 0.29) is 24.0 Å². The maximum atomic E-state index is 5.24. The molecule has 0 spiro atoms. The standard InChI is InChI=1S/C17H26BrN3O.HI/c1-19-16(20-12-14-4-6-15(18)7-5-14)21-13-17(8-3-9-17)10-11-22-2;/h4-7H,3,8-13H2,1-2H3,(H2,19,20,21);1H. The average molecular weight is 496 g/mol. The molecule has 0 heterocycles. The van der Waals surface area contributed by atoms with E-state index < -0.39 is 0 Å². The molecule has 0 amide bonds. The summed E-state index contributed by atoms with van der Waals surface area (Å²) in [4.78, 5) is 4.32. The van der Waals surface area contributed by atoms with Crippen molar-refractivity contribution in [2.24, 2.45) is 10.4 Å². The normalized spacial score (nSPS) is 16.2. The van der Waals surface area contributed by atoms with Crippen LogP contribution in [0.15, 0.2) is 33.7 Å². The minimum absolute atomic E-state index is 0. The molecule has 0 radical (unpaired) electrons. The summed E-state index contributed by atoms with van der Waals surface area (Å²) in [7, 11) is 3.60. The number of rotatable bonds is 7. The van der Waals surface area contributed by atoms with E-state index in [1.165, 1.54) is 24.8 Å². The molecule has 1 fully saturated rings. The van der Waals surface area contributed by atoms with Crippen LogP contribution >= 0.6 is 39.9 Å². The van der Waals surface area contributed by atoms with Crippen LogP contribution in [-0.2, 0) is 11.3 Å².